The minimum Gasteiger partial charge on any atom is -0.469 e. The van der Waals surface area contributed by atoms with Crippen molar-refractivity contribution in [2.45, 2.75) is 32.2 Å². The fourth-order valence-electron chi connectivity index (χ4n) is 2.08. The second kappa shape index (κ2) is 6.92. The van der Waals surface area contributed by atoms with Crippen molar-refractivity contribution >= 4 is 20.0 Å². The van der Waals surface area contributed by atoms with Gasteiger partial charge in [-0.05, 0) is 6.42 Å². The predicted molar refractivity (Wildman–Crippen MR) is 80.8 cm³/mol. The molecule has 1 rings (SSSR count). The first kappa shape index (κ1) is 17.5. The second-order valence-corrected chi connectivity index (χ2v) is 10.8. The second-order valence-electron chi connectivity index (χ2n) is 6.05. The molecule has 0 unspecified atom stereocenters. The Labute approximate surface area is 126 Å². The summed E-state index contributed by atoms with van der Waals surface area (Å²) in [6, 6.07) is 0. The Bertz CT molecular complexity index is 506. The number of aliphatic hydroxyl groups excluding tert-OH is 1. The molecule has 0 heterocycles. The first-order valence-corrected chi connectivity index (χ1v) is 10.3. The molecule has 1 aliphatic carbocycles. The van der Waals surface area contributed by atoms with Gasteiger partial charge in [0.15, 0.2) is 0 Å². The summed E-state index contributed by atoms with van der Waals surface area (Å²) in [7, 11) is 0.929. The molecule has 5 nitrogen and oxygen atoms in total. The molecule has 0 fully saturated rings. The SMILES string of the molecule is COC(=O)[C@H]1C=C(C#C[Si](C)(C)C)[C@@H](O)C[C@@H]1C(=O)OC. The van der Waals surface area contributed by atoms with E-state index in [9.17, 15) is 14.7 Å². The molecule has 0 radical (unpaired) electrons. The van der Waals surface area contributed by atoms with E-state index < -0.39 is 38.0 Å². The molecular weight excluding hydrogens is 288 g/mol. The molecule has 6 heteroatoms. The van der Waals surface area contributed by atoms with E-state index in [4.69, 9.17) is 9.47 Å². The Balaban J connectivity index is 3.16. The van der Waals surface area contributed by atoms with Gasteiger partial charge in [-0.2, -0.15) is 0 Å². The molecular formula is C15H22O5Si. The van der Waals surface area contributed by atoms with E-state index >= 15 is 0 Å². The zero-order valence-corrected chi connectivity index (χ0v) is 14.1. The van der Waals surface area contributed by atoms with Crippen LogP contribution >= 0.6 is 0 Å². The lowest BCUT2D eigenvalue weighted by molar-refractivity contribution is -0.157. The number of hydrogen-bond acceptors (Lipinski definition) is 5. The maximum atomic E-state index is 11.9. The minimum absolute atomic E-state index is 0.110. The lowest BCUT2D eigenvalue weighted by atomic mass is 9.79. The van der Waals surface area contributed by atoms with Crippen LogP contribution < -0.4 is 0 Å². The Morgan fingerprint density at radius 3 is 2.29 bits per heavy atom. The van der Waals surface area contributed by atoms with Crippen molar-refractivity contribution in [3.63, 3.8) is 0 Å². The maximum absolute atomic E-state index is 11.9. The molecule has 0 bridgehead atoms. The van der Waals surface area contributed by atoms with E-state index in [0.29, 0.717) is 5.57 Å². The van der Waals surface area contributed by atoms with Gasteiger partial charge in [0.25, 0.3) is 0 Å². The minimum atomic E-state index is -1.59. The predicted octanol–water partition coefficient (Wildman–Crippen LogP) is 1.14. The lowest BCUT2D eigenvalue weighted by Gasteiger charge is -2.28. The van der Waals surface area contributed by atoms with Gasteiger partial charge in [-0.1, -0.05) is 31.6 Å². The molecule has 116 valence electrons. The summed E-state index contributed by atoms with van der Waals surface area (Å²) in [6.07, 6.45) is 0.784. The molecule has 0 aromatic heterocycles. The van der Waals surface area contributed by atoms with Crippen LogP contribution in [0.1, 0.15) is 6.42 Å². The lowest BCUT2D eigenvalue weighted by Crippen LogP contribution is -2.37. The average Bonchev–Trinajstić information content (AvgIpc) is 2.42. The van der Waals surface area contributed by atoms with Crippen LogP contribution in [0.15, 0.2) is 11.6 Å². The van der Waals surface area contributed by atoms with E-state index in [1.54, 1.807) is 0 Å². The Morgan fingerprint density at radius 2 is 1.81 bits per heavy atom. The molecule has 1 N–H and O–H groups in total. The van der Waals surface area contributed by atoms with Crippen molar-refractivity contribution in [3.8, 4) is 11.5 Å². The van der Waals surface area contributed by atoms with Crippen LogP contribution in [0.5, 0.6) is 0 Å². The number of aliphatic hydroxyl groups is 1. The van der Waals surface area contributed by atoms with E-state index in [0.717, 1.165) is 0 Å². The smallest absolute Gasteiger partial charge is 0.313 e. The number of esters is 2. The third kappa shape index (κ3) is 4.72. The summed E-state index contributed by atoms with van der Waals surface area (Å²) < 4.78 is 9.43. The molecule has 0 aromatic rings. The number of ether oxygens (including phenoxy) is 2. The average molecular weight is 310 g/mol. The quantitative estimate of drug-likeness (QED) is 0.470. The number of hydrogen-bond donors (Lipinski definition) is 1. The van der Waals surface area contributed by atoms with Crippen LogP contribution in [0.3, 0.4) is 0 Å². The van der Waals surface area contributed by atoms with Gasteiger partial charge in [0.2, 0.25) is 0 Å². The third-order valence-corrected chi connectivity index (χ3v) is 4.06. The van der Waals surface area contributed by atoms with Crippen LogP contribution in [-0.2, 0) is 19.1 Å². The summed E-state index contributed by atoms with van der Waals surface area (Å²) in [5.41, 5.74) is 3.63. The molecule has 0 saturated heterocycles. The Morgan fingerprint density at radius 1 is 1.24 bits per heavy atom. The highest BCUT2D eigenvalue weighted by Gasteiger charge is 2.40. The van der Waals surface area contributed by atoms with Gasteiger partial charge in [-0.15, -0.1) is 5.54 Å². The van der Waals surface area contributed by atoms with Crippen LogP contribution in [0.4, 0.5) is 0 Å². The van der Waals surface area contributed by atoms with Crippen LogP contribution in [0.25, 0.3) is 0 Å². The highest BCUT2D eigenvalue weighted by Crippen LogP contribution is 2.31. The first-order valence-electron chi connectivity index (χ1n) is 6.78. The third-order valence-electron chi connectivity index (χ3n) is 3.19. The molecule has 21 heavy (non-hydrogen) atoms. The zero-order chi connectivity index (χ0) is 16.2. The van der Waals surface area contributed by atoms with Gasteiger partial charge in [0.1, 0.15) is 8.07 Å². The first-order chi connectivity index (χ1) is 9.69. The van der Waals surface area contributed by atoms with Gasteiger partial charge >= 0.3 is 11.9 Å². The van der Waals surface area contributed by atoms with Crippen LogP contribution in [0, 0.1) is 23.3 Å². The number of methoxy groups -OCH3 is 2. The van der Waals surface area contributed by atoms with Crippen LogP contribution in [0.2, 0.25) is 19.6 Å². The van der Waals surface area contributed by atoms with E-state index in [-0.39, 0.29) is 6.42 Å². The van der Waals surface area contributed by atoms with Crippen LogP contribution in [-0.4, -0.2) is 45.4 Å². The standard InChI is InChI=1S/C15H22O5Si/c1-19-14(17)11-8-10(6-7-21(3,4)5)13(16)9-12(11)15(18)20-2/h8,11-13,16H,9H2,1-5H3/t11-,12-,13-/m0/s1. The Hall–Kier alpha value is -1.58. The fourth-order valence-corrected chi connectivity index (χ4v) is 2.60. The van der Waals surface area contributed by atoms with Crippen molar-refractivity contribution in [2.24, 2.45) is 11.8 Å². The van der Waals surface area contributed by atoms with Gasteiger partial charge in [0.05, 0.1) is 32.2 Å². The maximum Gasteiger partial charge on any atom is 0.313 e. The number of carbonyl (C=O) groups excluding carboxylic acids is 2. The molecule has 0 saturated carbocycles. The van der Waals surface area contributed by atoms with Crippen molar-refractivity contribution in [1.82, 2.24) is 0 Å². The molecule has 0 spiro atoms. The fraction of sp³-hybridized carbons (Fsp3) is 0.600. The summed E-state index contributed by atoms with van der Waals surface area (Å²) in [5, 5.41) is 10.1. The largest absolute Gasteiger partial charge is 0.469 e. The molecule has 1 aliphatic rings. The summed E-state index contributed by atoms with van der Waals surface area (Å²) >= 11 is 0. The van der Waals surface area contributed by atoms with Gasteiger partial charge in [-0.25, -0.2) is 0 Å². The normalized spacial score (nSPS) is 25.2. The Kier molecular flexibility index (Phi) is 5.75. The van der Waals surface area contributed by atoms with E-state index in [2.05, 4.69) is 31.1 Å². The van der Waals surface area contributed by atoms with Crippen molar-refractivity contribution in [2.75, 3.05) is 14.2 Å². The van der Waals surface area contributed by atoms with E-state index in [1.807, 2.05) is 0 Å². The van der Waals surface area contributed by atoms with Crippen molar-refractivity contribution in [3.05, 3.63) is 11.6 Å². The van der Waals surface area contributed by atoms with E-state index in [1.165, 1.54) is 20.3 Å². The summed E-state index contributed by atoms with van der Waals surface area (Å²) in [4.78, 5) is 23.6. The van der Waals surface area contributed by atoms with Crippen molar-refractivity contribution < 1.29 is 24.2 Å². The zero-order valence-electron chi connectivity index (χ0n) is 13.1. The topological polar surface area (TPSA) is 72.8 Å². The van der Waals surface area contributed by atoms with Gasteiger partial charge < -0.3 is 14.6 Å². The molecule has 0 aromatic carbocycles. The van der Waals surface area contributed by atoms with Crippen molar-refractivity contribution in [1.29, 1.82) is 0 Å². The van der Waals surface area contributed by atoms with Gasteiger partial charge in [-0.3, -0.25) is 9.59 Å². The molecule has 3 atom stereocenters. The molecule has 0 aliphatic heterocycles. The summed E-state index contributed by atoms with van der Waals surface area (Å²) in [5.74, 6) is 0.400. The number of rotatable bonds is 2. The molecule has 0 amide bonds. The highest BCUT2D eigenvalue weighted by atomic mass is 28.3. The summed E-state index contributed by atoms with van der Waals surface area (Å²) in [6.45, 7) is 6.26. The monoisotopic (exact) mass is 310 g/mol. The number of carbonyl (C=O) groups is 2. The highest BCUT2D eigenvalue weighted by molar-refractivity contribution is 6.83. The van der Waals surface area contributed by atoms with Gasteiger partial charge in [0, 0.05) is 5.57 Å².